The average molecular weight is 268 g/mol. The Morgan fingerprint density at radius 3 is 2.50 bits per heavy atom. The van der Waals surface area contributed by atoms with Crippen LogP contribution in [0.4, 0.5) is 0 Å². The number of rotatable bonds is 4. The monoisotopic (exact) mass is 268 g/mol. The maximum Gasteiger partial charge on any atom is 0.246 e. The van der Waals surface area contributed by atoms with Gasteiger partial charge in [-0.25, -0.2) is 13.4 Å². The third kappa shape index (κ3) is 4.23. The minimum absolute atomic E-state index is 0.547. The molecule has 0 bridgehead atoms. The second-order valence-corrected chi connectivity index (χ2v) is 5.49. The molecule has 0 atom stereocenters. The van der Waals surface area contributed by atoms with E-state index in [1.54, 1.807) is 11.1 Å². The zero-order valence-corrected chi connectivity index (χ0v) is 10.8. The number of benzene rings is 1. The maximum absolute atomic E-state index is 11.8. The van der Waals surface area contributed by atoms with Crippen LogP contribution in [0.2, 0.25) is 0 Å². The first kappa shape index (κ1) is 13.2. The van der Waals surface area contributed by atoms with Gasteiger partial charge in [-0.3, -0.25) is 0 Å². The minimum Gasteiger partial charge on any atom is -0.379 e. The number of hydrogen-bond acceptors (Lipinski definition) is 4. The standard InChI is InChI=1S/C12H16N2O3S/c15-18(16,13-14-7-9-17-10-8-14)11-6-12-4-2-1-3-5-12/h1-6,11,13H,7-10H2/b11-6+. The van der Waals surface area contributed by atoms with E-state index in [-0.39, 0.29) is 0 Å². The summed E-state index contributed by atoms with van der Waals surface area (Å²) in [6, 6.07) is 9.31. The van der Waals surface area contributed by atoms with E-state index in [0.29, 0.717) is 26.3 Å². The van der Waals surface area contributed by atoms with Crippen molar-refractivity contribution in [2.24, 2.45) is 0 Å². The summed E-state index contributed by atoms with van der Waals surface area (Å²) in [7, 11) is -3.44. The van der Waals surface area contributed by atoms with Crippen molar-refractivity contribution in [1.82, 2.24) is 9.84 Å². The fourth-order valence-corrected chi connectivity index (χ4v) is 2.54. The lowest BCUT2D eigenvalue weighted by Gasteiger charge is -2.25. The van der Waals surface area contributed by atoms with Crippen LogP contribution in [0.5, 0.6) is 0 Å². The molecule has 1 aliphatic heterocycles. The lowest BCUT2D eigenvalue weighted by Crippen LogP contribution is -2.47. The molecular formula is C12H16N2O3S. The first-order valence-electron chi connectivity index (χ1n) is 5.74. The van der Waals surface area contributed by atoms with Gasteiger partial charge in [-0.05, 0) is 11.6 Å². The van der Waals surface area contributed by atoms with Crippen LogP contribution in [0.3, 0.4) is 0 Å². The van der Waals surface area contributed by atoms with Crippen molar-refractivity contribution in [1.29, 1.82) is 0 Å². The molecule has 1 N–H and O–H groups in total. The molecule has 2 rings (SSSR count). The van der Waals surface area contributed by atoms with Gasteiger partial charge in [-0.2, -0.15) is 0 Å². The summed E-state index contributed by atoms with van der Waals surface area (Å²) in [5.41, 5.74) is 0.852. The number of hydrogen-bond donors (Lipinski definition) is 1. The summed E-state index contributed by atoms with van der Waals surface area (Å²) in [6.45, 7) is 2.23. The van der Waals surface area contributed by atoms with Gasteiger partial charge < -0.3 is 4.74 Å². The number of nitrogens with zero attached hydrogens (tertiary/aromatic N) is 1. The van der Waals surface area contributed by atoms with Crippen LogP contribution in [0.1, 0.15) is 5.56 Å². The molecule has 98 valence electrons. The van der Waals surface area contributed by atoms with E-state index in [1.807, 2.05) is 30.3 Å². The van der Waals surface area contributed by atoms with E-state index in [2.05, 4.69) is 4.83 Å². The number of hydrazine groups is 1. The highest BCUT2D eigenvalue weighted by atomic mass is 32.2. The Kier molecular flexibility index (Phi) is 4.48. The second-order valence-electron chi connectivity index (χ2n) is 3.95. The number of ether oxygens (including phenoxy) is 1. The number of nitrogens with one attached hydrogen (secondary N) is 1. The van der Waals surface area contributed by atoms with Crippen LogP contribution in [-0.2, 0) is 14.8 Å². The highest BCUT2D eigenvalue weighted by Gasteiger charge is 2.15. The van der Waals surface area contributed by atoms with Gasteiger partial charge in [0.05, 0.1) is 13.2 Å². The number of morpholine rings is 1. The van der Waals surface area contributed by atoms with E-state index in [1.165, 1.54) is 5.41 Å². The minimum atomic E-state index is -3.44. The predicted octanol–water partition coefficient (Wildman–Crippen LogP) is 0.824. The molecule has 5 nitrogen and oxygen atoms in total. The van der Waals surface area contributed by atoms with Crippen molar-refractivity contribution in [2.45, 2.75) is 0 Å². The Morgan fingerprint density at radius 1 is 1.17 bits per heavy atom. The molecule has 1 fully saturated rings. The predicted molar refractivity (Wildman–Crippen MR) is 69.9 cm³/mol. The van der Waals surface area contributed by atoms with Crippen molar-refractivity contribution < 1.29 is 13.2 Å². The van der Waals surface area contributed by atoms with E-state index in [4.69, 9.17) is 4.74 Å². The maximum atomic E-state index is 11.8. The molecule has 1 aromatic rings. The Bertz CT molecular complexity index is 493. The van der Waals surface area contributed by atoms with Gasteiger partial charge in [0, 0.05) is 18.5 Å². The van der Waals surface area contributed by atoms with Gasteiger partial charge in [0.2, 0.25) is 10.0 Å². The van der Waals surface area contributed by atoms with Crippen LogP contribution in [0.25, 0.3) is 6.08 Å². The number of sulfonamides is 1. The van der Waals surface area contributed by atoms with Crippen LogP contribution >= 0.6 is 0 Å². The van der Waals surface area contributed by atoms with Crippen molar-refractivity contribution in [3.63, 3.8) is 0 Å². The smallest absolute Gasteiger partial charge is 0.246 e. The second kappa shape index (κ2) is 6.10. The zero-order valence-electron chi connectivity index (χ0n) is 9.95. The fraction of sp³-hybridized carbons (Fsp3) is 0.333. The molecule has 0 amide bonds. The third-order valence-corrected chi connectivity index (χ3v) is 3.51. The van der Waals surface area contributed by atoms with E-state index in [9.17, 15) is 8.42 Å². The Balaban J connectivity index is 1.96. The molecule has 0 aromatic heterocycles. The Morgan fingerprint density at radius 2 is 1.83 bits per heavy atom. The van der Waals surface area contributed by atoms with Crippen molar-refractivity contribution in [3.8, 4) is 0 Å². The van der Waals surface area contributed by atoms with Crippen LogP contribution in [0.15, 0.2) is 35.7 Å². The summed E-state index contributed by atoms with van der Waals surface area (Å²) in [4.78, 5) is 2.50. The van der Waals surface area contributed by atoms with Crippen molar-refractivity contribution in [3.05, 3.63) is 41.3 Å². The largest absolute Gasteiger partial charge is 0.379 e. The first-order valence-corrected chi connectivity index (χ1v) is 7.29. The molecule has 1 saturated heterocycles. The normalized spacial score (nSPS) is 18.2. The lowest BCUT2D eigenvalue weighted by atomic mass is 10.2. The molecule has 0 saturated carbocycles. The van der Waals surface area contributed by atoms with Gasteiger partial charge in [0.25, 0.3) is 0 Å². The molecule has 0 radical (unpaired) electrons. The van der Waals surface area contributed by atoms with Crippen LogP contribution < -0.4 is 4.83 Å². The van der Waals surface area contributed by atoms with Crippen LogP contribution in [0, 0.1) is 0 Å². The summed E-state index contributed by atoms with van der Waals surface area (Å²) < 4.78 is 28.7. The van der Waals surface area contributed by atoms with E-state index < -0.39 is 10.0 Å². The van der Waals surface area contributed by atoms with Gasteiger partial charge in [0.1, 0.15) is 0 Å². The van der Waals surface area contributed by atoms with Gasteiger partial charge >= 0.3 is 0 Å². The molecule has 6 heteroatoms. The highest BCUT2D eigenvalue weighted by molar-refractivity contribution is 7.92. The molecular weight excluding hydrogens is 252 g/mol. The molecule has 1 aromatic carbocycles. The quantitative estimate of drug-likeness (QED) is 0.878. The fourth-order valence-electron chi connectivity index (χ4n) is 1.60. The molecule has 1 heterocycles. The third-order valence-electron chi connectivity index (χ3n) is 2.51. The molecule has 0 unspecified atom stereocenters. The molecule has 18 heavy (non-hydrogen) atoms. The molecule has 0 aliphatic carbocycles. The van der Waals surface area contributed by atoms with Gasteiger partial charge in [0.15, 0.2) is 0 Å². The van der Waals surface area contributed by atoms with Gasteiger partial charge in [-0.15, -0.1) is 4.83 Å². The SMILES string of the molecule is O=S(=O)(/C=C/c1ccccc1)NN1CCOCC1. The summed E-state index contributed by atoms with van der Waals surface area (Å²) in [5, 5.41) is 2.83. The molecule has 0 spiro atoms. The molecule has 1 aliphatic rings. The van der Waals surface area contributed by atoms with Gasteiger partial charge in [-0.1, -0.05) is 30.3 Å². The lowest BCUT2D eigenvalue weighted by molar-refractivity contribution is 0.0274. The summed E-state index contributed by atoms with van der Waals surface area (Å²) >= 11 is 0. The topological polar surface area (TPSA) is 58.6 Å². The Labute approximate surface area is 107 Å². The summed E-state index contributed by atoms with van der Waals surface area (Å²) in [6.07, 6.45) is 1.57. The first-order chi connectivity index (χ1) is 8.66. The van der Waals surface area contributed by atoms with Crippen molar-refractivity contribution in [2.75, 3.05) is 26.3 Å². The van der Waals surface area contributed by atoms with Crippen molar-refractivity contribution >= 4 is 16.1 Å². The van der Waals surface area contributed by atoms with Crippen LogP contribution in [-0.4, -0.2) is 39.7 Å². The average Bonchev–Trinajstić information content (AvgIpc) is 2.38. The zero-order chi connectivity index (χ0) is 12.8. The Hall–Kier alpha value is -1.21. The summed E-state index contributed by atoms with van der Waals surface area (Å²) in [5.74, 6) is 0. The highest BCUT2D eigenvalue weighted by Crippen LogP contribution is 2.03. The van der Waals surface area contributed by atoms with E-state index >= 15 is 0 Å². The van der Waals surface area contributed by atoms with E-state index in [0.717, 1.165) is 5.56 Å².